The molecule has 2 rings (SSSR count). The lowest BCUT2D eigenvalue weighted by molar-refractivity contribution is 0.146. The molecule has 1 aromatic carbocycles. The molecule has 5 nitrogen and oxygen atoms in total. The molecule has 0 fully saturated rings. The van der Waals surface area contributed by atoms with Crippen LogP contribution in [0.1, 0.15) is 19.4 Å². The van der Waals surface area contributed by atoms with Crippen LogP contribution in [0, 0.1) is 5.92 Å². The minimum Gasteiger partial charge on any atom is -0.444 e. The number of anilines is 1. The van der Waals surface area contributed by atoms with Gasteiger partial charge in [-0.1, -0.05) is 55.8 Å². The molecule has 1 heterocycles. The van der Waals surface area contributed by atoms with Crippen LogP contribution in [0.3, 0.4) is 0 Å². The molecule has 1 aromatic heterocycles. The van der Waals surface area contributed by atoms with Crippen molar-refractivity contribution in [1.82, 2.24) is 9.97 Å². The number of hydrogen-bond acceptors (Lipinski definition) is 4. The van der Waals surface area contributed by atoms with Gasteiger partial charge in [-0.05, 0) is 17.5 Å². The SMILES string of the molecule is CC(C)CN(C(=O)OCc1ccccc1)c1nccc(Cl)n1. The van der Waals surface area contributed by atoms with Crippen molar-refractivity contribution >= 4 is 23.6 Å². The maximum absolute atomic E-state index is 12.3. The first kappa shape index (κ1) is 16.2. The van der Waals surface area contributed by atoms with E-state index in [0.29, 0.717) is 6.54 Å². The zero-order valence-corrected chi connectivity index (χ0v) is 13.3. The van der Waals surface area contributed by atoms with Crippen molar-refractivity contribution in [2.75, 3.05) is 11.4 Å². The van der Waals surface area contributed by atoms with Gasteiger partial charge < -0.3 is 4.74 Å². The fraction of sp³-hybridized carbons (Fsp3) is 0.312. The van der Waals surface area contributed by atoms with E-state index in [1.165, 1.54) is 11.1 Å². The Morgan fingerprint density at radius 1 is 1.27 bits per heavy atom. The molecule has 0 aliphatic carbocycles. The number of ether oxygens (including phenoxy) is 1. The van der Waals surface area contributed by atoms with Gasteiger partial charge in [-0.3, -0.25) is 0 Å². The minimum atomic E-state index is -0.486. The molecule has 0 aliphatic rings. The average molecular weight is 320 g/mol. The summed E-state index contributed by atoms with van der Waals surface area (Å²) >= 11 is 5.87. The predicted octanol–water partition coefficient (Wildman–Crippen LogP) is 3.93. The Balaban J connectivity index is 2.09. The first-order chi connectivity index (χ1) is 10.6. The van der Waals surface area contributed by atoms with E-state index in [1.807, 2.05) is 44.2 Å². The Morgan fingerprint density at radius 3 is 2.64 bits per heavy atom. The Kier molecular flexibility index (Phi) is 5.72. The summed E-state index contributed by atoms with van der Waals surface area (Å²) in [5.41, 5.74) is 0.923. The Labute approximate surface area is 134 Å². The van der Waals surface area contributed by atoms with Crippen molar-refractivity contribution in [1.29, 1.82) is 0 Å². The van der Waals surface area contributed by atoms with Gasteiger partial charge in [0.25, 0.3) is 0 Å². The van der Waals surface area contributed by atoms with Crippen LogP contribution in [0.15, 0.2) is 42.6 Å². The molecule has 0 unspecified atom stereocenters. The zero-order valence-electron chi connectivity index (χ0n) is 12.6. The van der Waals surface area contributed by atoms with E-state index in [1.54, 1.807) is 6.07 Å². The van der Waals surface area contributed by atoms with Crippen LogP contribution in [0.4, 0.5) is 10.7 Å². The summed E-state index contributed by atoms with van der Waals surface area (Å²) in [5, 5.41) is 0.287. The maximum atomic E-state index is 12.3. The van der Waals surface area contributed by atoms with Gasteiger partial charge in [0.05, 0.1) is 0 Å². The molecule has 1 amide bonds. The molecule has 0 radical (unpaired) electrons. The fourth-order valence-electron chi connectivity index (χ4n) is 1.86. The van der Waals surface area contributed by atoms with Crippen LogP contribution in [-0.2, 0) is 11.3 Å². The molecule has 0 saturated carbocycles. The molecule has 0 bridgehead atoms. The summed E-state index contributed by atoms with van der Waals surface area (Å²) in [5.74, 6) is 0.492. The standard InChI is InChI=1S/C16H18ClN3O2/c1-12(2)10-20(15-18-9-8-14(17)19-15)16(21)22-11-13-6-4-3-5-7-13/h3-9,12H,10-11H2,1-2H3. The van der Waals surface area contributed by atoms with Crippen LogP contribution in [0.25, 0.3) is 0 Å². The normalized spacial score (nSPS) is 10.5. The van der Waals surface area contributed by atoms with Crippen LogP contribution in [0.5, 0.6) is 0 Å². The third-order valence-electron chi connectivity index (χ3n) is 2.82. The summed E-state index contributed by atoms with van der Waals surface area (Å²) < 4.78 is 5.35. The van der Waals surface area contributed by atoms with Gasteiger partial charge in [-0.25, -0.2) is 19.7 Å². The van der Waals surface area contributed by atoms with Gasteiger partial charge in [0, 0.05) is 12.7 Å². The second-order valence-electron chi connectivity index (χ2n) is 5.22. The predicted molar refractivity (Wildman–Crippen MR) is 85.9 cm³/mol. The number of halogens is 1. The van der Waals surface area contributed by atoms with Gasteiger partial charge in [0.2, 0.25) is 5.95 Å². The van der Waals surface area contributed by atoms with Gasteiger partial charge in [-0.2, -0.15) is 0 Å². The number of nitrogens with zero attached hydrogens (tertiary/aromatic N) is 3. The number of amides is 1. The van der Waals surface area contributed by atoms with Crippen molar-refractivity contribution in [2.45, 2.75) is 20.5 Å². The summed E-state index contributed by atoms with van der Waals surface area (Å²) in [4.78, 5) is 21.9. The van der Waals surface area contributed by atoms with E-state index < -0.39 is 6.09 Å². The van der Waals surface area contributed by atoms with Crippen LogP contribution >= 0.6 is 11.6 Å². The maximum Gasteiger partial charge on any atom is 0.417 e. The smallest absolute Gasteiger partial charge is 0.417 e. The first-order valence-electron chi connectivity index (χ1n) is 7.03. The number of hydrogen-bond donors (Lipinski definition) is 0. The molecule has 0 aliphatic heterocycles. The highest BCUT2D eigenvalue weighted by Crippen LogP contribution is 2.15. The minimum absolute atomic E-state index is 0.203. The highest BCUT2D eigenvalue weighted by molar-refractivity contribution is 6.29. The molecule has 0 saturated heterocycles. The fourth-order valence-corrected chi connectivity index (χ4v) is 1.99. The van der Waals surface area contributed by atoms with Crippen molar-refractivity contribution in [3.63, 3.8) is 0 Å². The number of carbonyl (C=O) groups is 1. The summed E-state index contributed by atoms with van der Waals surface area (Å²) in [6, 6.07) is 11.1. The number of rotatable bonds is 5. The van der Waals surface area contributed by atoms with Gasteiger partial charge >= 0.3 is 6.09 Å². The van der Waals surface area contributed by atoms with E-state index in [0.717, 1.165) is 5.56 Å². The van der Waals surface area contributed by atoms with Crippen molar-refractivity contribution < 1.29 is 9.53 Å². The van der Waals surface area contributed by atoms with Gasteiger partial charge in [-0.15, -0.1) is 0 Å². The van der Waals surface area contributed by atoms with Crippen LogP contribution in [-0.4, -0.2) is 22.6 Å². The summed E-state index contributed by atoms with van der Waals surface area (Å²) in [6.45, 7) is 4.66. The van der Waals surface area contributed by atoms with E-state index in [2.05, 4.69) is 9.97 Å². The number of benzene rings is 1. The molecular formula is C16H18ClN3O2. The Bertz CT molecular complexity index is 620. The quantitative estimate of drug-likeness (QED) is 0.784. The van der Waals surface area contributed by atoms with E-state index in [-0.39, 0.29) is 23.6 Å². The summed E-state index contributed by atoms with van der Waals surface area (Å²) in [6.07, 6.45) is 1.03. The molecule has 0 spiro atoms. The molecule has 116 valence electrons. The van der Waals surface area contributed by atoms with E-state index >= 15 is 0 Å². The second kappa shape index (κ2) is 7.75. The topological polar surface area (TPSA) is 55.3 Å². The monoisotopic (exact) mass is 319 g/mol. The van der Waals surface area contributed by atoms with Crippen LogP contribution in [0.2, 0.25) is 5.15 Å². The average Bonchev–Trinajstić information content (AvgIpc) is 2.51. The van der Waals surface area contributed by atoms with Crippen LogP contribution < -0.4 is 4.90 Å². The lowest BCUT2D eigenvalue weighted by Gasteiger charge is -2.22. The molecule has 0 N–H and O–H groups in total. The highest BCUT2D eigenvalue weighted by atomic mass is 35.5. The first-order valence-corrected chi connectivity index (χ1v) is 7.41. The Hall–Kier alpha value is -2.14. The molecular weight excluding hydrogens is 302 g/mol. The van der Waals surface area contributed by atoms with E-state index in [9.17, 15) is 4.79 Å². The van der Waals surface area contributed by atoms with Crippen molar-refractivity contribution in [3.05, 3.63) is 53.3 Å². The zero-order chi connectivity index (χ0) is 15.9. The number of carbonyl (C=O) groups excluding carboxylic acids is 1. The molecule has 22 heavy (non-hydrogen) atoms. The largest absolute Gasteiger partial charge is 0.444 e. The van der Waals surface area contributed by atoms with Gasteiger partial charge in [0.1, 0.15) is 11.8 Å². The number of aromatic nitrogens is 2. The molecule has 0 atom stereocenters. The summed E-state index contributed by atoms with van der Waals surface area (Å²) in [7, 11) is 0. The third kappa shape index (κ3) is 4.70. The molecule has 6 heteroatoms. The Morgan fingerprint density at radius 2 is 2.00 bits per heavy atom. The second-order valence-corrected chi connectivity index (χ2v) is 5.61. The van der Waals surface area contributed by atoms with Crippen molar-refractivity contribution in [3.8, 4) is 0 Å². The lowest BCUT2D eigenvalue weighted by Crippen LogP contribution is -2.36. The third-order valence-corrected chi connectivity index (χ3v) is 3.03. The molecule has 2 aromatic rings. The van der Waals surface area contributed by atoms with Crippen molar-refractivity contribution in [2.24, 2.45) is 5.92 Å². The lowest BCUT2D eigenvalue weighted by atomic mass is 10.2. The highest BCUT2D eigenvalue weighted by Gasteiger charge is 2.21. The van der Waals surface area contributed by atoms with E-state index in [4.69, 9.17) is 16.3 Å². The van der Waals surface area contributed by atoms with Gasteiger partial charge in [0.15, 0.2) is 0 Å².